The number of hydrogen-bond donors (Lipinski definition) is 3. The number of alkyl carbamates (subject to hydrolysis) is 1. The van der Waals surface area contributed by atoms with E-state index in [1.54, 1.807) is 32.0 Å². The molecule has 0 radical (unpaired) electrons. The van der Waals surface area contributed by atoms with Gasteiger partial charge in [-0.1, -0.05) is 31.9 Å². The summed E-state index contributed by atoms with van der Waals surface area (Å²) in [6.45, 7) is 4.93. The van der Waals surface area contributed by atoms with Crippen molar-refractivity contribution in [2.24, 2.45) is 5.92 Å². The van der Waals surface area contributed by atoms with Gasteiger partial charge >= 0.3 is 6.09 Å². The highest BCUT2D eigenvalue weighted by molar-refractivity contribution is 7.91. The number of halogens is 2. The minimum atomic E-state index is -4.05. The Kier molecular flexibility index (Phi) is 10.9. The normalized spacial score (nSPS) is 29.4. The van der Waals surface area contributed by atoms with Crippen LogP contribution in [0.1, 0.15) is 109 Å². The lowest BCUT2D eigenvalue weighted by Crippen LogP contribution is -2.58. The van der Waals surface area contributed by atoms with Crippen molar-refractivity contribution in [1.82, 2.24) is 25.2 Å². The largest absolute Gasteiger partial charge is 0.497 e. The van der Waals surface area contributed by atoms with Crippen LogP contribution >= 0.6 is 0 Å². The minimum Gasteiger partial charge on any atom is -0.497 e. The van der Waals surface area contributed by atoms with Gasteiger partial charge in [0.2, 0.25) is 21.8 Å². The number of allylic oxidation sites excluding steroid dienone is 1. The van der Waals surface area contributed by atoms with Crippen LogP contribution < -0.4 is 24.8 Å². The minimum absolute atomic E-state index is 0.124. The number of rotatable bonds is 8. The summed E-state index contributed by atoms with van der Waals surface area (Å²) in [5, 5.41) is 6.13. The number of sulfonamides is 1. The Labute approximate surface area is 330 Å². The third-order valence-electron chi connectivity index (χ3n) is 12.4. The van der Waals surface area contributed by atoms with E-state index in [-0.39, 0.29) is 44.4 Å². The molecule has 17 heteroatoms. The first-order chi connectivity index (χ1) is 27.0. The van der Waals surface area contributed by atoms with Crippen molar-refractivity contribution < 1.29 is 50.6 Å². The summed E-state index contributed by atoms with van der Waals surface area (Å²) in [6, 6.07) is 2.55. The van der Waals surface area contributed by atoms with Gasteiger partial charge in [-0.25, -0.2) is 27.0 Å². The first-order valence-electron chi connectivity index (χ1n) is 19.8. The van der Waals surface area contributed by atoms with E-state index in [9.17, 15) is 36.4 Å². The van der Waals surface area contributed by atoms with Gasteiger partial charge in [0, 0.05) is 23.3 Å². The Morgan fingerprint density at radius 3 is 2.61 bits per heavy atom. The van der Waals surface area contributed by atoms with Crippen molar-refractivity contribution in [1.29, 1.82) is 0 Å². The lowest BCUT2D eigenvalue weighted by Gasteiger charge is -2.37. The molecule has 6 atom stereocenters. The smallest absolute Gasteiger partial charge is 0.408 e. The number of nitrogens with zero attached hydrogens (tertiary/aromatic N) is 2. The molecule has 3 aliphatic heterocycles. The molecule has 7 rings (SSSR count). The predicted molar refractivity (Wildman–Crippen MR) is 204 cm³/mol. The second kappa shape index (κ2) is 15.3. The topological polar surface area (TPSA) is 182 Å². The fourth-order valence-corrected chi connectivity index (χ4v) is 9.56. The molecule has 2 saturated carbocycles. The van der Waals surface area contributed by atoms with E-state index in [0.717, 1.165) is 6.42 Å². The SMILES string of the molecule is CC[C@H](C)OC(=O)N[C@H]1CCCCC/C=C\[C@@H]2C[C@@]2(C(=O)NS(=O)(=O)C2(C)CC2)NC(=O)[C@@H]2C[C@]3(CCc4c(c(C(F)F)nc5ccc(OC)cc45)O3)CN2C1=O. The molecule has 4 heterocycles. The number of methoxy groups -OCH3 is 1. The molecule has 2 aliphatic carbocycles. The third-order valence-corrected chi connectivity index (χ3v) is 14.6. The van der Waals surface area contributed by atoms with Crippen molar-refractivity contribution in [2.45, 2.75) is 138 Å². The molecule has 0 unspecified atom stereocenters. The second-order valence-corrected chi connectivity index (χ2v) is 18.7. The molecule has 3 fully saturated rings. The molecule has 57 heavy (non-hydrogen) atoms. The number of hydrogen-bond acceptors (Lipinski definition) is 10. The van der Waals surface area contributed by atoms with Crippen molar-refractivity contribution >= 4 is 44.7 Å². The van der Waals surface area contributed by atoms with Crippen LogP contribution in [0.2, 0.25) is 0 Å². The number of fused-ring (bicyclic) bond motifs is 5. The molecule has 310 valence electrons. The Morgan fingerprint density at radius 1 is 1.14 bits per heavy atom. The summed E-state index contributed by atoms with van der Waals surface area (Å²) in [6.07, 6.45) is 4.20. The molecule has 1 aromatic heterocycles. The maximum absolute atomic E-state index is 14.7. The highest BCUT2D eigenvalue weighted by Crippen LogP contribution is 2.50. The summed E-state index contributed by atoms with van der Waals surface area (Å²) in [5.41, 5.74) is -2.67. The first kappa shape index (κ1) is 40.6. The number of pyridine rings is 1. The Hall–Kier alpha value is -4.54. The van der Waals surface area contributed by atoms with Crippen LogP contribution in [0, 0.1) is 5.92 Å². The second-order valence-electron chi connectivity index (χ2n) is 16.5. The molecular weight excluding hydrogens is 765 g/mol. The molecule has 3 N–H and O–H groups in total. The highest BCUT2D eigenvalue weighted by Gasteiger charge is 2.64. The summed E-state index contributed by atoms with van der Waals surface area (Å²) >= 11 is 0. The Morgan fingerprint density at radius 2 is 1.91 bits per heavy atom. The predicted octanol–water partition coefficient (Wildman–Crippen LogP) is 5.13. The van der Waals surface area contributed by atoms with E-state index >= 15 is 0 Å². The van der Waals surface area contributed by atoms with E-state index in [1.807, 2.05) is 19.1 Å². The average Bonchev–Trinajstić information content (AvgIpc) is 4.07. The van der Waals surface area contributed by atoms with Gasteiger partial charge in [0.1, 0.15) is 40.8 Å². The molecule has 1 spiro atoms. The first-order valence-corrected chi connectivity index (χ1v) is 21.3. The zero-order chi connectivity index (χ0) is 40.9. The van der Waals surface area contributed by atoms with Crippen LogP contribution in [0.25, 0.3) is 10.9 Å². The molecule has 2 aromatic rings. The van der Waals surface area contributed by atoms with Crippen molar-refractivity contribution in [3.8, 4) is 11.5 Å². The van der Waals surface area contributed by atoms with Crippen LogP contribution in [0.3, 0.4) is 0 Å². The third kappa shape index (κ3) is 7.87. The molecule has 1 aromatic carbocycles. The number of carbonyl (C=O) groups is 4. The van der Waals surface area contributed by atoms with Crippen LogP contribution in [0.15, 0.2) is 30.4 Å². The van der Waals surface area contributed by atoms with Crippen molar-refractivity contribution in [2.75, 3.05) is 13.7 Å². The van der Waals surface area contributed by atoms with Crippen LogP contribution in [0.4, 0.5) is 13.6 Å². The number of nitrogens with one attached hydrogen (secondary N) is 3. The summed E-state index contributed by atoms with van der Waals surface area (Å²) < 4.78 is 74.4. The zero-order valence-corrected chi connectivity index (χ0v) is 33.5. The quantitative estimate of drug-likeness (QED) is 0.302. The molecule has 4 amide bonds. The van der Waals surface area contributed by atoms with Gasteiger partial charge < -0.3 is 29.7 Å². The molecule has 5 aliphatic rings. The van der Waals surface area contributed by atoms with E-state index in [0.29, 0.717) is 60.7 Å². The van der Waals surface area contributed by atoms with Gasteiger partial charge in [0.05, 0.1) is 23.9 Å². The maximum atomic E-state index is 14.7. The number of ether oxygens (including phenoxy) is 3. The summed E-state index contributed by atoms with van der Waals surface area (Å²) in [4.78, 5) is 61.9. The molecule has 14 nitrogen and oxygen atoms in total. The van der Waals surface area contributed by atoms with Gasteiger partial charge in [-0.2, -0.15) is 0 Å². The van der Waals surface area contributed by atoms with Crippen molar-refractivity contribution in [3.05, 3.63) is 41.6 Å². The lowest BCUT2D eigenvalue weighted by atomic mass is 9.87. The van der Waals surface area contributed by atoms with Crippen molar-refractivity contribution in [3.63, 3.8) is 0 Å². The van der Waals surface area contributed by atoms with Crippen LogP contribution in [0.5, 0.6) is 11.5 Å². The molecule has 0 bridgehead atoms. The number of amides is 4. The van der Waals surface area contributed by atoms with Gasteiger partial charge in [-0.3, -0.25) is 19.1 Å². The summed E-state index contributed by atoms with van der Waals surface area (Å²) in [7, 11) is -2.56. The van der Waals surface area contributed by atoms with E-state index < -0.39 is 85.9 Å². The standard InChI is InChI=1S/C40H51F2N5O9S/c1-5-23(2)55-37(51)44-29-12-10-8-6-7-9-11-24-20-40(24,36(50)46-57(52,53)38(3)17-18-38)45-34(48)30-21-39(22-47(30)35(29)49)16-15-26-27-19-25(54-4)13-14-28(27)43-31(33(41)42)32(26)56-39/h9,11,13-14,19,23-24,29-30,33H,5-8,10,12,15-18,20-22H2,1-4H3,(H,44,51)(H,45,48)(H,46,50)/b11-9-/t23-,24+,29-,30-,39+,40+/m0/s1. The maximum Gasteiger partial charge on any atom is 0.408 e. The number of alkyl halides is 2. The van der Waals surface area contributed by atoms with E-state index in [2.05, 4.69) is 20.3 Å². The zero-order valence-electron chi connectivity index (χ0n) is 32.7. The van der Waals surface area contributed by atoms with Gasteiger partial charge in [-0.15, -0.1) is 0 Å². The van der Waals surface area contributed by atoms with Crippen LogP contribution in [-0.2, 0) is 35.6 Å². The molecule has 1 saturated heterocycles. The number of aryl methyl sites for hydroxylation is 1. The van der Waals surface area contributed by atoms with Gasteiger partial charge in [0.25, 0.3) is 12.3 Å². The van der Waals surface area contributed by atoms with Gasteiger partial charge in [0.15, 0.2) is 5.75 Å². The number of aromatic nitrogens is 1. The fraction of sp³-hybridized carbons (Fsp3) is 0.625. The summed E-state index contributed by atoms with van der Waals surface area (Å²) in [5.74, 6) is -2.33. The molecular formula is C40H51F2N5O9S. The average molecular weight is 816 g/mol. The number of carbonyl (C=O) groups excluding carboxylic acids is 4. The van der Waals surface area contributed by atoms with Crippen LogP contribution in [-0.4, -0.2) is 89.8 Å². The van der Waals surface area contributed by atoms with E-state index in [1.165, 1.54) is 12.0 Å². The highest BCUT2D eigenvalue weighted by atomic mass is 32.2. The van der Waals surface area contributed by atoms with Gasteiger partial charge in [-0.05, 0) is 89.8 Å². The van der Waals surface area contributed by atoms with E-state index in [4.69, 9.17) is 14.2 Å². The lowest BCUT2D eigenvalue weighted by molar-refractivity contribution is -0.141. The fourth-order valence-electron chi connectivity index (χ4n) is 8.25. The Bertz CT molecular complexity index is 2100. The monoisotopic (exact) mass is 815 g/mol. The number of benzene rings is 1. The Balaban J connectivity index is 1.26.